The highest BCUT2D eigenvalue weighted by Crippen LogP contribution is 2.26. The zero-order valence-electron chi connectivity index (χ0n) is 8.45. The van der Waals surface area contributed by atoms with Crippen LogP contribution in [0.5, 0.6) is 5.75 Å². The molecule has 0 aliphatic rings. The van der Waals surface area contributed by atoms with E-state index in [4.69, 9.17) is 4.42 Å². The summed E-state index contributed by atoms with van der Waals surface area (Å²) in [5, 5.41) is 10.2. The summed E-state index contributed by atoms with van der Waals surface area (Å²) in [5.41, 5.74) is 1.96. The lowest BCUT2D eigenvalue weighted by atomic mass is 10.1. The molecule has 15 heavy (non-hydrogen) atoms. The molecule has 3 heteroatoms. The lowest BCUT2D eigenvalue weighted by molar-refractivity contribution is 0.471. The van der Waals surface area contributed by atoms with Gasteiger partial charge in [-0.05, 0) is 24.6 Å². The maximum absolute atomic E-state index is 9.70. The van der Waals surface area contributed by atoms with E-state index in [1.165, 1.54) is 0 Å². The van der Waals surface area contributed by atoms with Crippen LogP contribution in [-0.2, 0) is 0 Å². The summed E-state index contributed by atoms with van der Waals surface area (Å²) in [6, 6.07) is 5.30. The topological polar surface area (TPSA) is 46.3 Å². The summed E-state index contributed by atoms with van der Waals surface area (Å²) in [6.45, 7) is 9.21. The molecule has 2 aromatic rings. The number of rotatable bonds is 1. The van der Waals surface area contributed by atoms with Gasteiger partial charge in [-0.3, -0.25) is 0 Å². The quantitative estimate of drug-likeness (QED) is 0.753. The normalized spacial score (nSPS) is 10.5. The molecule has 0 fully saturated rings. The zero-order valence-corrected chi connectivity index (χ0v) is 8.45. The van der Waals surface area contributed by atoms with Crippen molar-refractivity contribution in [2.75, 3.05) is 0 Å². The Balaban J connectivity index is 2.64. The molecule has 0 saturated carbocycles. The van der Waals surface area contributed by atoms with E-state index in [0.29, 0.717) is 22.2 Å². The van der Waals surface area contributed by atoms with Gasteiger partial charge in [0.15, 0.2) is 0 Å². The van der Waals surface area contributed by atoms with Crippen LogP contribution in [0.15, 0.2) is 22.6 Å². The second-order valence-corrected chi connectivity index (χ2v) is 3.41. The van der Waals surface area contributed by atoms with E-state index in [9.17, 15) is 5.11 Å². The minimum absolute atomic E-state index is 0.149. The van der Waals surface area contributed by atoms with Crippen molar-refractivity contribution in [3.63, 3.8) is 0 Å². The van der Waals surface area contributed by atoms with Crippen LogP contribution >= 0.6 is 0 Å². The number of benzene rings is 1. The Bertz CT molecular complexity index is 571. The van der Waals surface area contributed by atoms with Gasteiger partial charge < -0.3 is 9.52 Å². The highest BCUT2D eigenvalue weighted by Gasteiger charge is 2.09. The van der Waals surface area contributed by atoms with Gasteiger partial charge in [0.1, 0.15) is 16.5 Å². The molecule has 3 nitrogen and oxygen atoms in total. The first-order valence-corrected chi connectivity index (χ1v) is 4.52. The summed E-state index contributed by atoms with van der Waals surface area (Å²) >= 11 is 0. The maximum atomic E-state index is 9.70. The number of phenolic OH excluding ortho intramolecular Hbond substituents is 1. The Morgan fingerprint density at radius 2 is 2.07 bits per heavy atom. The predicted octanol–water partition coefficient (Wildman–Crippen LogP) is 1.18. The number of aromatic nitrogens is 1. The van der Waals surface area contributed by atoms with Gasteiger partial charge in [0.05, 0.1) is 5.56 Å². The largest absolute Gasteiger partial charge is 0.507 e. The summed E-state index contributed by atoms with van der Waals surface area (Å²) in [4.78, 5) is 4.07. The van der Waals surface area contributed by atoms with Gasteiger partial charge in [-0.1, -0.05) is 19.2 Å². The van der Waals surface area contributed by atoms with Crippen LogP contribution in [0.3, 0.4) is 0 Å². The third kappa shape index (κ3) is 1.64. The molecule has 1 heterocycles. The average Bonchev–Trinajstić information content (AvgIpc) is 2.46. The fraction of sp³-hybridized carbons (Fsp3) is 0.0833. The molecule has 0 amide bonds. The van der Waals surface area contributed by atoms with Crippen molar-refractivity contribution in [2.45, 2.75) is 6.92 Å². The number of hydrogen-bond acceptors (Lipinski definition) is 3. The second-order valence-electron chi connectivity index (χ2n) is 3.41. The number of nitrogens with zero attached hydrogens (tertiary/aromatic N) is 1. The van der Waals surface area contributed by atoms with Crippen LogP contribution in [0.1, 0.15) is 5.56 Å². The first kappa shape index (κ1) is 9.52. The van der Waals surface area contributed by atoms with E-state index in [0.717, 1.165) is 5.56 Å². The first-order valence-electron chi connectivity index (χ1n) is 4.52. The SMILES string of the molecule is C=c1nc(-c2ccc(C)cc2O)oc1=C. The summed E-state index contributed by atoms with van der Waals surface area (Å²) in [5.74, 6) is 0.499. The van der Waals surface area contributed by atoms with Crippen molar-refractivity contribution in [1.82, 2.24) is 4.98 Å². The lowest BCUT2D eigenvalue weighted by Crippen LogP contribution is -2.17. The van der Waals surface area contributed by atoms with Crippen molar-refractivity contribution in [2.24, 2.45) is 0 Å². The van der Waals surface area contributed by atoms with E-state index in [2.05, 4.69) is 18.1 Å². The highest BCUT2D eigenvalue weighted by atomic mass is 16.3. The number of aromatic hydroxyl groups is 1. The van der Waals surface area contributed by atoms with Crippen molar-refractivity contribution in [3.8, 4) is 17.2 Å². The van der Waals surface area contributed by atoms with Gasteiger partial charge in [-0.25, -0.2) is 4.98 Å². The van der Waals surface area contributed by atoms with E-state index in [-0.39, 0.29) is 5.75 Å². The molecule has 1 N–H and O–H groups in total. The molecule has 1 aromatic carbocycles. The van der Waals surface area contributed by atoms with Crippen molar-refractivity contribution < 1.29 is 9.52 Å². The third-order valence-electron chi connectivity index (χ3n) is 2.16. The number of hydrogen-bond donors (Lipinski definition) is 1. The minimum atomic E-state index is 0.149. The lowest BCUT2D eigenvalue weighted by Gasteiger charge is -2.00. The van der Waals surface area contributed by atoms with Crippen molar-refractivity contribution >= 4 is 13.2 Å². The summed E-state index contributed by atoms with van der Waals surface area (Å²) < 4.78 is 5.28. The number of aryl methyl sites for hydroxylation is 1. The smallest absolute Gasteiger partial charge is 0.231 e. The van der Waals surface area contributed by atoms with Crippen LogP contribution in [0, 0.1) is 6.92 Å². The van der Waals surface area contributed by atoms with Crippen molar-refractivity contribution in [1.29, 1.82) is 0 Å². The molecule has 0 bridgehead atoms. The molecule has 0 aliphatic carbocycles. The Labute approximate surface area is 87.0 Å². The monoisotopic (exact) mass is 201 g/mol. The molecular formula is C12H11NO2. The Morgan fingerprint density at radius 1 is 1.33 bits per heavy atom. The van der Waals surface area contributed by atoms with Crippen LogP contribution in [0.25, 0.3) is 24.6 Å². The van der Waals surface area contributed by atoms with E-state index < -0.39 is 0 Å². The van der Waals surface area contributed by atoms with Gasteiger partial charge in [0, 0.05) is 0 Å². The molecule has 0 spiro atoms. The minimum Gasteiger partial charge on any atom is -0.507 e. The Kier molecular flexibility index (Phi) is 2.08. The van der Waals surface area contributed by atoms with Crippen molar-refractivity contribution in [3.05, 3.63) is 34.5 Å². The van der Waals surface area contributed by atoms with E-state index in [1.807, 2.05) is 13.0 Å². The standard InChI is InChI=1S/C12H11NO2/c1-7-4-5-10(11(14)6-7)12-13-8(2)9(3)15-12/h4-6,14H,2-3H2,1H3. The van der Waals surface area contributed by atoms with Gasteiger partial charge in [0.25, 0.3) is 0 Å². The van der Waals surface area contributed by atoms with Gasteiger partial charge in [0.2, 0.25) is 5.89 Å². The molecule has 2 rings (SSSR count). The number of phenols is 1. The van der Waals surface area contributed by atoms with Crippen LogP contribution < -0.4 is 10.8 Å². The average molecular weight is 201 g/mol. The van der Waals surface area contributed by atoms with E-state index >= 15 is 0 Å². The highest BCUT2D eigenvalue weighted by molar-refractivity contribution is 5.62. The van der Waals surface area contributed by atoms with E-state index in [1.54, 1.807) is 12.1 Å². The van der Waals surface area contributed by atoms with Crippen LogP contribution in [0.2, 0.25) is 0 Å². The van der Waals surface area contributed by atoms with Gasteiger partial charge >= 0.3 is 0 Å². The Hall–Kier alpha value is -2.03. The Morgan fingerprint density at radius 3 is 2.60 bits per heavy atom. The fourth-order valence-corrected chi connectivity index (χ4v) is 1.32. The molecule has 1 aromatic heterocycles. The number of oxazole rings is 1. The summed E-state index contributed by atoms with van der Waals surface area (Å²) in [7, 11) is 0. The predicted molar refractivity (Wildman–Crippen MR) is 58.6 cm³/mol. The van der Waals surface area contributed by atoms with Gasteiger partial charge in [-0.2, -0.15) is 0 Å². The molecule has 0 unspecified atom stereocenters. The first-order chi connectivity index (χ1) is 7.08. The molecule has 0 radical (unpaired) electrons. The maximum Gasteiger partial charge on any atom is 0.231 e. The molecule has 76 valence electrons. The molecule has 0 atom stereocenters. The summed E-state index contributed by atoms with van der Waals surface area (Å²) in [6.07, 6.45) is 0. The second kappa shape index (κ2) is 3.28. The molecule has 0 aliphatic heterocycles. The van der Waals surface area contributed by atoms with Crippen LogP contribution in [-0.4, -0.2) is 10.1 Å². The molecular weight excluding hydrogens is 190 g/mol. The van der Waals surface area contributed by atoms with Gasteiger partial charge in [-0.15, -0.1) is 0 Å². The fourth-order valence-electron chi connectivity index (χ4n) is 1.32. The third-order valence-corrected chi connectivity index (χ3v) is 2.16. The zero-order chi connectivity index (χ0) is 11.0. The van der Waals surface area contributed by atoms with Crippen LogP contribution in [0.4, 0.5) is 0 Å². The molecule has 0 saturated heterocycles.